The molecule has 5 N–H and O–H groups in total. The van der Waals surface area contributed by atoms with Gasteiger partial charge in [-0.2, -0.15) is 0 Å². The molecule has 0 aromatic heterocycles. The topological polar surface area (TPSA) is 179 Å². The standard InChI is InChI=1S/C16H20N2O9/c1-8(20)6-12(21)17-15-14(23)13(22)11(7-19)27-16(15,24)9-2-4-10(5-3-9)18(25)26/h2-5,11,13-15,19,22-24H,6-7H2,1H3,(H,17,21)/t11-,13-,14+,15-,16+/m1/s1. The number of nitro groups is 1. The number of hydrogen-bond donors (Lipinski definition) is 5. The van der Waals surface area contributed by atoms with Crippen molar-refractivity contribution in [3.05, 3.63) is 39.9 Å². The lowest BCUT2D eigenvalue weighted by molar-refractivity contribution is -0.385. The number of amides is 1. The fourth-order valence-electron chi connectivity index (χ4n) is 2.87. The number of Topliss-reactive ketones (excluding diaryl/α,β-unsaturated/α-hetero) is 1. The van der Waals surface area contributed by atoms with Crippen molar-refractivity contribution in [1.29, 1.82) is 0 Å². The molecule has 1 aliphatic rings. The van der Waals surface area contributed by atoms with Gasteiger partial charge in [0.15, 0.2) is 0 Å². The van der Waals surface area contributed by atoms with Gasteiger partial charge in [-0.25, -0.2) is 0 Å². The van der Waals surface area contributed by atoms with Crippen molar-refractivity contribution < 1.29 is 39.7 Å². The molecule has 11 nitrogen and oxygen atoms in total. The molecule has 0 saturated carbocycles. The van der Waals surface area contributed by atoms with Gasteiger partial charge in [0.2, 0.25) is 11.7 Å². The Morgan fingerprint density at radius 1 is 1.26 bits per heavy atom. The molecule has 11 heteroatoms. The van der Waals surface area contributed by atoms with Crippen molar-refractivity contribution in [3.8, 4) is 0 Å². The summed E-state index contributed by atoms with van der Waals surface area (Å²) in [5, 5.41) is 53.8. The molecule has 0 spiro atoms. The maximum atomic E-state index is 12.0. The molecular weight excluding hydrogens is 364 g/mol. The van der Waals surface area contributed by atoms with Gasteiger partial charge in [0.05, 0.1) is 18.0 Å². The minimum absolute atomic E-state index is 0.0642. The van der Waals surface area contributed by atoms with E-state index >= 15 is 0 Å². The number of nitrogens with zero attached hydrogens (tertiary/aromatic N) is 1. The van der Waals surface area contributed by atoms with Gasteiger partial charge >= 0.3 is 0 Å². The lowest BCUT2D eigenvalue weighted by Crippen LogP contribution is -2.68. The van der Waals surface area contributed by atoms with Gasteiger partial charge in [0.1, 0.15) is 30.1 Å². The molecule has 1 aromatic carbocycles. The Labute approximate surface area is 153 Å². The second-order valence-corrected chi connectivity index (χ2v) is 6.24. The van der Waals surface area contributed by atoms with E-state index in [2.05, 4.69) is 5.32 Å². The molecule has 148 valence electrons. The summed E-state index contributed by atoms with van der Waals surface area (Å²) in [5.74, 6) is -3.72. The number of rotatable bonds is 6. The van der Waals surface area contributed by atoms with E-state index in [1.54, 1.807) is 0 Å². The minimum atomic E-state index is -2.42. The van der Waals surface area contributed by atoms with Crippen LogP contribution in [0.2, 0.25) is 0 Å². The van der Waals surface area contributed by atoms with Crippen LogP contribution in [0.4, 0.5) is 5.69 Å². The van der Waals surface area contributed by atoms with Crippen molar-refractivity contribution in [2.45, 2.75) is 43.5 Å². The smallest absolute Gasteiger partial charge is 0.269 e. The molecule has 1 fully saturated rings. The van der Waals surface area contributed by atoms with Crippen LogP contribution in [0, 0.1) is 10.1 Å². The zero-order valence-electron chi connectivity index (χ0n) is 14.3. The van der Waals surface area contributed by atoms with Crippen LogP contribution in [0.25, 0.3) is 0 Å². The van der Waals surface area contributed by atoms with Crippen LogP contribution in [0.3, 0.4) is 0 Å². The number of aliphatic hydroxyl groups is 4. The van der Waals surface area contributed by atoms with Crippen molar-refractivity contribution in [1.82, 2.24) is 5.32 Å². The Morgan fingerprint density at radius 2 is 1.85 bits per heavy atom. The van der Waals surface area contributed by atoms with Crippen molar-refractivity contribution in [2.75, 3.05) is 6.61 Å². The highest BCUT2D eigenvalue weighted by molar-refractivity contribution is 5.96. The number of hydrogen-bond acceptors (Lipinski definition) is 9. The average Bonchev–Trinajstić information content (AvgIpc) is 2.61. The largest absolute Gasteiger partial charge is 0.394 e. The van der Waals surface area contributed by atoms with E-state index in [0.29, 0.717) is 0 Å². The van der Waals surface area contributed by atoms with Gasteiger partial charge in [-0.1, -0.05) is 0 Å². The van der Waals surface area contributed by atoms with Gasteiger partial charge in [0, 0.05) is 17.7 Å². The Morgan fingerprint density at radius 3 is 2.33 bits per heavy atom. The molecule has 0 unspecified atom stereocenters. The first kappa shape index (κ1) is 20.9. The zero-order valence-corrected chi connectivity index (χ0v) is 14.3. The lowest BCUT2D eigenvalue weighted by atomic mass is 9.85. The Balaban J connectivity index is 2.42. The molecule has 0 radical (unpaired) electrons. The number of benzene rings is 1. The molecule has 1 aliphatic heterocycles. The van der Waals surface area contributed by atoms with Crippen LogP contribution in [0.1, 0.15) is 18.9 Å². The molecule has 2 rings (SSSR count). The van der Waals surface area contributed by atoms with Crippen molar-refractivity contribution >= 4 is 17.4 Å². The summed E-state index contributed by atoms with van der Waals surface area (Å²) >= 11 is 0. The number of non-ortho nitro benzene ring substituents is 1. The molecule has 1 saturated heterocycles. The van der Waals surface area contributed by atoms with Gasteiger partial charge in [-0.3, -0.25) is 19.7 Å². The molecule has 5 atom stereocenters. The maximum Gasteiger partial charge on any atom is 0.269 e. The van der Waals surface area contributed by atoms with Crippen LogP contribution in [-0.4, -0.2) is 68.0 Å². The number of nitrogens with one attached hydrogen (secondary N) is 1. The first-order valence-electron chi connectivity index (χ1n) is 8.01. The number of aliphatic hydroxyl groups excluding tert-OH is 3. The number of nitro benzene ring substituents is 1. The Kier molecular flexibility index (Phi) is 6.23. The number of carbonyl (C=O) groups is 2. The van der Waals surface area contributed by atoms with Crippen LogP contribution in [0.15, 0.2) is 24.3 Å². The predicted octanol–water partition coefficient (Wildman–Crippen LogP) is -1.68. The predicted molar refractivity (Wildman–Crippen MR) is 88.2 cm³/mol. The summed E-state index contributed by atoms with van der Waals surface area (Å²) in [6.07, 6.45) is -5.32. The highest BCUT2D eigenvalue weighted by atomic mass is 16.6. The first-order valence-corrected chi connectivity index (χ1v) is 8.01. The maximum absolute atomic E-state index is 12.0. The van der Waals surface area contributed by atoms with E-state index in [1.165, 1.54) is 6.92 Å². The summed E-state index contributed by atoms with van der Waals surface area (Å²) in [7, 11) is 0. The third-order valence-corrected chi connectivity index (χ3v) is 4.22. The van der Waals surface area contributed by atoms with Gasteiger partial charge in [0.25, 0.3) is 5.69 Å². The van der Waals surface area contributed by atoms with Crippen molar-refractivity contribution in [3.63, 3.8) is 0 Å². The molecule has 0 bridgehead atoms. The quantitative estimate of drug-likeness (QED) is 0.217. The Hall–Kier alpha value is -2.44. The van der Waals surface area contributed by atoms with Gasteiger partial charge in [-0.05, 0) is 19.1 Å². The van der Waals surface area contributed by atoms with Crippen LogP contribution in [0.5, 0.6) is 0 Å². The average molecular weight is 384 g/mol. The molecule has 27 heavy (non-hydrogen) atoms. The second kappa shape index (κ2) is 8.06. The second-order valence-electron chi connectivity index (χ2n) is 6.24. The highest BCUT2D eigenvalue weighted by Gasteiger charge is 2.54. The summed E-state index contributed by atoms with van der Waals surface area (Å²) < 4.78 is 5.34. The lowest BCUT2D eigenvalue weighted by Gasteiger charge is -2.47. The summed E-state index contributed by atoms with van der Waals surface area (Å²) in [6.45, 7) is 0.425. The summed E-state index contributed by atoms with van der Waals surface area (Å²) in [4.78, 5) is 33.2. The summed E-state index contributed by atoms with van der Waals surface area (Å²) in [6, 6.07) is 2.86. The van der Waals surface area contributed by atoms with Gasteiger partial charge < -0.3 is 30.5 Å². The zero-order chi connectivity index (χ0) is 20.4. The van der Waals surface area contributed by atoms with E-state index in [0.717, 1.165) is 24.3 Å². The monoisotopic (exact) mass is 384 g/mol. The third-order valence-electron chi connectivity index (χ3n) is 4.22. The molecule has 1 amide bonds. The SMILES string of the molecule is CC(=O)CC(=O)N[C@@H]1[C@@H](O)[C@H](O)[C@@H](CO)O[C@@]1(O)c1ccc([N+](=O)[O-])cc1. The van der Waals surface area contributed by atoms with E-state index < -0.39 is 59.8 Å². The molecule has 0 aliphatic carbocycles. The van der Waals surface area contributed by atoms with E-state index in [9.17, 15) is 40.1 Å². The normalized spacial score (nSPS) is 30.6. The molecule has 1 heterocycles. The van der Waals surface area contributed by atoms with Crippen molar-refractivity contribution in [2.24, 2.45) is 0 Å². The number of carbonyl (C=O) groups excluding carboxylic acids is 2. The molecule has 1 aromatic rings. The minimum Gasteiger partial charge on any atom is -0.394 e. The first-order chi connectivity index (χ1) is 12.6. The fourth-order valence-corrected chi connectivity index (χ4v) is 2.87. The number of ketones is 1. The Bertz CT molecular complexity index is 723. The van der Waals surface area contributed by atoms with E-state index in [1.807, 2.05) is 0 Å². The van der Waals surface area contributed by atoms with Gasteiger partial charge in [-0.15, -0.1) is 0 Å². The summed E-state index contributed by atoms with van der Waals surface area (Å²) in [5.41, 5.74) is -0.333. The third kappa shape index (κ3) is 4.28. The van der Waals surface area contributed by atoms with Crippen LogP contribution >= 0.6 is 0 Å². The van der Waals surface area contributed by atoms with Crippen LogP contribution < -0.4 is 5.32 Å². The highest BCUT2D eigenvalue weighted by Crippen LogP contribution is 2.37. The van der Waals surface area contributed by atoms with E-state index in [4.69, 9.17) is 4.74 Å². The fraction of sp³-hybridized carbons (Fsp3) is 0.500. The van der Waals surface area contributed by atoms with Crippen LogP contribution in [-0.2, 0) is 20.1 Å². The van der Waals surface area contributed by atoms with E-state index in [-0.39, 0.29) is 11.3 Å². The number of ether oxygens (including phenoxy) is 1. The molecular formula is C16H20N2O9.